The number of halogens is 1. The molecule has 4 nitrogen and oxygen atoms in total. The van der Waals surface area contributed by atoms with Crippen LogP contribution in [0.2, 0.25) is 0 Å². The lowest BCUT2D eigenvalue weighted by Crippen LogP contribution is -2.50. The molecule has 0 saturated carbocycles. The van der Waals surface area contributed by atoms with Gasteiger partial charge in [0.15, 0.2) is 0 Å². The summed E-state index contributed by atoms with van der Waals surface area (Å²) in [5, 5.41) is 2.91. The van der Waals surface area contributed by atoms with Gasteiger partial charge in [-0.2, -0.15) is 0 Å². The average Bonchev–Trinajstić information content (AvgIpc) is 2.25. The second-order valence-electron chi connectivity index (χ2n) is 3.17. The molecule has 2 amide bonds. The molecule has 1 saturated heterocycles. The third-order valence-electron chi connectivity index (χ3n) is 1.84. The Morgan fingerprint density at radius 1 is 1.75 bits per heavy atom. The van der Waals surface area contributed by atoms with Gasteiger partial charge < -0.3 is 0 Å². The molecule has 1 heterocycles. The van der Waals surface area contributed by atoms with Gasteiger partial charge in [0.25, 0.3) is 0 Å². The third kappa shape index (κ3) is 1.44. The molecule has 0 aliphatic carbocycles. The van der Waals surface area contributed by atoms with Crippen LogP contribution in [0.5, 0.6) is 0 Å². The first kappa shape index (κ1) is 9.48. The summed E-state index contributed by atoms with van der Waals surface area (Å²) in [7, 11) is 0. The van der Waals surface area contributed by atoms with Crippen LogP contribution in [0.4, 0.5) is 0 Å². The number of alkyl halides is 1. The van der Waals surface area contributed by atoms with E-state index in [0.717, 1.165) is 0 Å². The maximum atomic E-state index is 11.2. The first-order valence-electron chi connectivity index (χ1n) is 3.66. The van der Waals surface area contributed by atoms with Crippen molar-refractivity contribution < 1.29 is 9.59 Å². The summed E-state index contributed by atoms with van der Waals surface area (Å²) in [6.45, 7) is 3.74. The molecule has 12 heavy (non-hydrogen) atoms. The minimum absolute atomic E-state index is 0.156. The van der Waals surface area contributed by atoms with Gasteiger partial charge in [0, 0.05) is 0 Å². The van der Waals surface area contributed by atoms with E-state index in [1.165, 1.54) is 4.90 Å². The fraction of sp³-hybridized carbons (Fsp3) is 0.714. The maximum absolute atomic E-state index is 11.2. The monoisotopic (exact) mass is 190 g/mol. The molecule has 1 N–H and O–H groups in total. The molecule has 5 heteroatoms. The van der Waals surface area contributed by atoms with E-state index in [2.05, 4.69) is 5.32 Å². The van der Waals surface area contributed by atoms with Crippen molar-refractivity contribution in [2.45, 2.75) is 19.5 Å². The Morgan fingerprint density at radius 3 is 2.67 bits per heavy atom. The smallest absolute Gasteiger partial charge is 0.245 e. The zero-order chi connectivity index (χ0) is 9.35. The first-order chi connectivity index (χ1) is 5.49. The third-order valence-corrected chi connectivity index (χ3v) is 2.07. The van der Waals surface area contributed by atoms with Crippen LogP contribution in [-0.2, 0) is 9.59 Å². The summed E-state index contributed by atoms with van der Waals surface area (Å²) in [6, 6.07) is 0. The topological polar surface area (TPSA) is 49.4 Å². The van der Waals surface area contributed by atoms with Crippen LogP contribution in [0.25, 0.3) is 0 Å². The summed E-state index contributed by atoms with van der Waals surface area (Å²) in [5.74, 6) is -0.723. The number of hydrogen-bond donors (Lipinski definition) is 1. The molecule has 0 aromatic carbocycles. The van der Waals surface area contributed by atoms with E-state index in [0.29, 0.717) is 0 Å². The quantitative estimate of drug-likeness (QED) is 0.589. The molecule has 0 aromatic heterocycles. The van der Waals surface area contributed by atoms with Crippen LogP contribution in [-0.4, -0.2) is 34.8 Å². The van der Waals surface area contributed by atoms with Gasteiger partial charge in [-0.25, -0.2) is 0 Å². The molecule has 68 valence electrons. The lowest BCUT2D eigenvalue weighted by molar-refractivity contribution is -0.144. The molecule has 1 fully saturated rings. The Hall–Kier alpha value is -0.610. The fourth-order valence-electron chi connectivity index (χ4n) is 1.27. The Morgan fingerprint density at radius 2 is 2.33 bits per heavy atom. The van der Waals surface area contributed by atoms with Crippen molar-refractivity contribution in [1.82, 2.24) is 10.2 Å². The average molecular weight is 191 g/mol. The zero-order valence-corrected chi connectivity index (χ0v) is 7.81. The molecular formula is C7H11ClN2O2. The highest BCUT2D eigenvalue weighted by atomic mass is 35.5. The summed E-state index contributed by atoms with van der Waals surface area (Å²) < 4.78 is 0. The first-order valence-corrected chi connectivity index (χ1v) is 4.19. The Bertz CT molecular complexity index is 227. The highest BCUT2D eigenvalue weighted by Gasteiger charge is 2.40. The van der Waals surface area contributed by atoms with Gasteiger partial charge in [0.1, 0.15) is 5.88 Å². The van der Waals surface area contributed by atoms with Crippen LogP contribution < -0.4 is 5.32 Å². The number of amides is 2. The van der Waals surface area contributed by atoms with Crippen molar-refractivity contribution in [1.29, 1.82) is 0 Å². The number of imide groups is 1. The molecule has 1 aliphatic rings. The van der Waals surface area contributed by atoms with E-state index in [-0.39, 0.29) is 24.2 Å². The SMILES string of the molecule is CC1(C)NCC(=O)N1C(=O)CCl. The number of carbonyl (C=O) groups is 2. The van der Waals surface area contributed by atoms with Crippen LogP contribution in [0.3, 0.4) is 0 Å². The van der Waals surface area contributed by atoms with Crippen molar-refractivity contribution in [3.05, 3.63) is 0 Å². The predicted molar refractivity (Wildman–Crippen MR) is 44.7 cm³/mol. The maximum Gasteiger partial charge on any atom is 0.245 e. The van der Waals surface area contributed by atoms with Gasteiger partial charge in [-0.05, 0) is 13.8 Å². The molecule has 0 unspecified atom stereocenters. The zero-order valence-electron chi connectivity index (χ0n) is 7.06. The Balaban J connectivity index is 2.85. The summed E-state index contributed by atoms with van der Waals surface area (Å²) in [5.41, 5.74) is -0.594. The van der Waals surface area contributed by atoms with Gasteiger partial charge in [-0.1, -0.05) is 0 Å². The van der Waals surface area contributed by atoms with Gasteiger partial charge in [-0.15, -0.1) is 11.6 Å². The highest BCUT2D eigenvalue weighted by Crippen LogP contribution is 2.16. The number of carbonyl (C=O) groups excluding carboxylic acids is 2. The molecule has 0 aromatic rings. The molecule has 0 spiro atoms. The van der Waals surface area contributed by atoms with Gasteiger partial charge in [-0.3, -0.25) is 19.8 Å². The second kappa shape index (κ2) is 3.03. The van der Waals surface area contributed by atoms with Crippen LogP contribution in [0.15, 0.2) is 0 Å². The second-order valence-corrected chi connectivity index (χ2v) is 3.44. The number of hydrogen-bond acceptors (Lipinski definition) is 3. The minimum Gasteiger partial charge on any atom is -0.286 e. The van der Waals surface area contributed by atoms with E-state index in [1.807, 2.05) is 0 Å². The lowest BCUT2D eigenvalue weighted by Gasteiger charge is -2.28. The molecular weight excluding hydrogens is 180 g/mol. The minimum atomic E-state index is -0.594. The standard InChI is InChI=1S/C7H11ClN2O2/c1-7(2)9-4-6(12)10(7)5(11)3-8/h9H,3-4H2,1-2H3. The summed E-state index contributed by atoms with van der Waals surface area (Å²) in [6.07, 6.45) is 0. The predicted octanol–water partition coefficient (Wildman–Crippen LogP) is -0.0803. The van der Waals surface area contributed by atoms with Crippen molar-refractivity contribution in [2.24, 2.45) is 0 Å². The normalized spacial score (nSPS) is 21.6. The van der Waals surface area contributed by atoms with Gasteiger partial charge >= 0.3 is 0 Å². The Labute approximate surface area is 75.9 Å². The van der Waals surface area contributed by atoms with E-state index in [4.69, 9.17) is 11.6 Å². The van der Waals surface area contributed by atoms with Crippen molar-refractivity contribution in [3.63, 3.8) is 0 Å². The van der Waals surface area contributed by atoms with Crippen molar-refractivity contribution >= 4 is 23.4 Å². The van der Waals surface area contributed by atoms with E-state index < -0.39 is 5.66 Å². The molecule has 0 bridgehead atoms. The van der Waals surface area contributed by atoms with E-state index >= 15 is 0 Å². The fourth-order valence-corrected chi connectivity index (χ4v) is 1.39. The lowest BCUT2D eigenvalue weighted by atomic mass is 10.2. The van der Waals surface area contributed by atoms with E-state index in [9.17, 15) is 9.59 Å². The summed E-state index contributed by atoms with van der Waals surface area (Å²) in [4.78, 5) is 23.5. The molecule has 1 rings (SSSR count). The molecule has 1 aliphatic heterocycles. The van der Waals surface area contributed by atoms with Gasteiger partial charge in [0.05, 0.1) is 12.2 Å². The number of nitrogens with one attached hydrogen (secondary N) is 1. The number of rotatable bonds is 1. The van der Waals surface area contributed by atoms with E-state index in [1.54, 1.807) is 13.8 Å². The summed E-state index contributed by atoms with van der Waals surface area (Å²) >= 11 is 5.35. The van der Waals surface area contributed by atoms with Crippen LogP contribution in [0.1, 0.15) is 13.8 Å². The molecule has 0 atom stereocenters. The van der Waals surface area contributed by atoms with Crippen molar-refractivity contribution in [3.8, 4) is 0 Å². The van der Waals surface area contributed by atoms with Crippen LogP contribution >= 0.6 is 11.6 Å². The largest absolute Gasteiger partial charge is 0.286 e. The number of nitrogens with zero attached hydrogens (tertiary/aromatic N) is 1. The van der Waals surface area contributed by atoms with Crippen LogP contribution in [0, 0.1) is 0 Å². The Kier molecular flexibility index (Phi) is 2.39. The molecule has 0 radical (unpaired) electrons. The van der Waals surface area contributed by atoms with Crippen molar-refractivity contribution in [2.75, 3.05) is 12.4 Å². The highest BCUT2D eigenvalue weighted by molar-refractivity contribution is 6.28. The van der Waals surface area contributed by atoms with Gasteiger partial charge in [0.2, 0.25) is 11.8 Å².